The van der Waals surface area contributed by atoms with Gasteiger partial charge in [0.25, 0.3) is 0 Å². The summed E-state index contributed by atoms with van der Waals surface area (Å²) < 4.78 is 1.54. The molecule has 2 heteroatoms. The van der Waals surface area contributed by atoms with Gasteiger partial charge in [-0.05, 0) is 25.2 Å². The normalized spacial score (nSPS) is 17.8. The minimum Gasteiger partial charge on any atom is -0.139 e. The van der Waals surface area contributed by atoms with Crippen LogP contribution < -0.4 is 0 Å². The number of thioether (sulfide) groups is 2. The van der Waals surface area contributed by atoms with Crippen LogP contribution in [0.3, 0.4) is 0 Å². The average molecular weight is 262 g/mol. The first kappa shape index (κ1) is 16.7. The number of hydrogen-bond acceptors (Lipinski definition) is 2. The lowest BCUT2D eigenvalue weighted by atomic mass is 10.1. The quantitative estimate of drug-likeness (QED) is 0.539. The largest absolute Gasteiger partial charge is 0.139 e. The van der Waals surface area contributed by atoms with Crippen molar-refractivity contribution in [2.75, 3.05) is 0 Å². The topological polar surface area (TPSA) is 0 Å². The van der Waals surface area contributed by atoms with E-state index in [-0.39, 0.29) is 0 Å². The van der Waals surface area contributed by atoms with Crippen molar-refractivity contribution in [1.82, 2.24) is 0 Å². The molecule has 0 spiro atoms. The maximum atomic E-state index is 2.36. The van der Waals surface area contributed by atoms with Gasteiger partial charge in [-0.1, -0.05) is 48.0 Å². The van der Waals surface area contributed by atoms with E-state index < -0.39 is 0 Å². The predicted octanol–water partition coefficient (Wildman–Crippen LogP) is 5.83. The van der Waals surface area contributed by atoms with Crippen LogP contribution in [0.15, 0.2) is 0 Å². The average Bonchev–Trinajstić information content (AvgIpc) is 2.14. The Bertz CT molecular complexity index is 168. The highest BCUT2D eigenvalue weighted by Crippen LogP contribution is 2.40. The Hall–Kier alpha value is 0.700. The molecule has 0 aromatic rings. The molecule has 3 unspecified atom stereocenters. The van der Waals surface area contributed by atoms with Crippen LogP contribution in [-0.2, 0) is 0 Å². The van der Waals surface area contributed by atoms with Gasteiger partial charge in [0.1, 0.15) is 0 Å². The molecule has 0 N–H and O–H groups in total. The van der Waals surface area contributed by atoms with E-state index in [1.165, 1.54) is 12.8 Å². The molecule has 97 valence electrons. The van der Waals surface area contributed by atoms with Crippen LogP contribution in [0.4, 0.5) is 0 Å². The van der Waals surface area contributed by atoms with Gasteiger partial charge in [-0.15, -0.1) is 23.5 Å². The Morgan fingerprint density at radius 1 is 1.00 bits per heavy atom. The van der Waals surface area contributed by atoms with E-state index in [0.717, 1.165) is 22.3 Å². The van der Waals surface area contributed by atoms with Crippen molar-refractivity contribution >= 4 is 23.5 Å². The maximum Gasteiger partial charge on any atom is 0.0822 e. The molecule has 0 saturated carbocycles. The third-order valence-corrected chi connectivity index (χ3v) is 5.64. The maximum absolute atomic E-state index is 2.36. The minimum absolute atomic E-state index is 0.753. The third kappa shape index (κ3) is 7.89. The van der Waals surface area contributed by atoms with Crippen LogP contribution in [0.2, 0.25) is 0 Å². The molecule has 1 radical (unpaired) electrons. The van der Waals surface area contributed by atoms with Crippen molar-refractivity contribution in [3.05, 3.63) is 4.58 Å². The Balaban J connectivity index is 3.84. The van der Waals surface area contributed by atoms with Gasteiger partial charge in [0.15, 0.2) is 0 Å². The predicted molar refractivity (Wildman–Crippen MR) is 81.9 cm³/mol. The van der Waals surface area contributed by atoms with E-state index in [9.17, 15) is 0 Å². The fourth-order valence-corrected chi connectivity index (χ4v) is 4.90. The van der Waals surface area contributed by atoms with Crippen LogP contribution in [0.5, 0.6) is 0 Å². The van der Waals surface area contributed by atoms with E-state index in [1.54, 1.807) is 4.58 Å². The van der Waals surface area contributed by atoms with E-state index >= 15 is 0 Å². The van der Waals surface area contributed by atoms with E-state index in [1.807, 2.05) is 0 Å². The van der Waals surface area contributed by atoms with Crippen LogP contribution in [0.1, 0.15) is 61.3 Å². The summed E-state index contributed by atoms with van der Waals surface area (Å²) in [5.41, 5.74) is 0. The summed E-state index contributed by atoms with van der Waals surface area (Å²) in [6.07, 6.45) is 2.61. The van der Waals surface area contributed by atoms with Gasteiger partial charge in [-0.2, -0.15) is 0 Å². The molecule has 0 amide bonds. The van der Waals surface area contributed by atoms with Crippen LogP contribution >= 0.6 is 23.5 Å². The molecular formula is C14H29S2. The van der Waals surface area contributed by atoms with Gasteiger partial charge >= 0.3 is 0 Å². The summed E-state index contributed by atoms with van der Waals surface area (Å²) in [5, 5.41) is 1.51. The monoisotopic (exact) mass is 261 g/mol. The SMILES string of the molecule is CCC(C)C(C)S[C](C)SC(C)CC(C)C. The standard InChI is InChI=1S/C14H29S2/c1-8-11(4)13(6)16-14(7)15-12(5)9-10(2)3/h10-13H,8-9H2,1-7H3. The van der Waals surface area contributed by atoms with Gasteiger partial charge in [-0.3, -0.25) is 0 Å². The third-order valence-electron chi connectivity index (χ3n) is 2.97. The lowest BCUT2D eigenvalue weighted by Crippen LogP contribution is -2.11. The van der Waals surface area contributed by atoms with Crippen molar-refractivity contribution in [2.45, 2.75) is 71.8 Å². The molecule has 0 aliphatic carbocycles. The first-order valence-electron chi connectivity index (χ1n) is 6.53. The second-order valence-electron chi connectivity index (χ2n) is 5.26. The lowest BCUT2D eigenvalue weighted by molar-refractivity contribution is 0.558. The van der Waals surface area contributed by atoms with Crippen molar-refractivity contribution in [3.63, 3.8) is 0 Å². The van der Waals surface area contributed by atoms with E-state index in [2.05, 4.69) is 72.0 Å². The smallest absolute Gasteiger partial charge is 0.0822 e. The Morgan fingerprint density at radius 2 is 1.56 bits per heavy atom. The molecule has 16 heavy (non-hydrogen) atoms. The summed E-state index contributed by atoms with van der Waals surface area (Å²) in [4.78, 5) is 0. The van der Waals surface area contributed by atoms with Crippen molar-refractivity contribution < 1.29 is 0 Å². The molecule has 0 heterocycles. The Kier molecular flexibility index (Phi) is 9.12. The zero-order valence-corrected chi connectivity index (χ0v) is 13.7. The summed E-state index contributed by atoms with van der Waals surface area (Å²) in [7, 11) is 0. The fraction of sp³-hybridized carbons (Fsp3) is 0.929. The van der Waals surface area contributed by atoms with Gasteiger partial charge < -0.3 is 0 Å². The van der Waals surface area contributed by atoms with Crippen molar-refractivity contribution in [1.29, 1.82) is 0 Å². The second-order valence-corrected chi connectivity index (χ2v) is 8.76. The highest BCUT2D eigenvalue weighted by molar-refractivity contribution is 8.21. The van der Waals surface area contributed by atoms with E-state index in [4.69, 9.17) is 0 Å². The molecule has 3 atom stereocenters. The molecule has 0 nitrogen and oxygen atoms in total. The van der Waals surface area contributed by atoms with Gasteiger partial charge in [0, 0.05) is 10.5 Å². The summed E-state index contributed by atoms with van der Waals surface area (Å²) in [6, 6.07) is 0. The molecular weight excluding hydrogens is 232 g/mol. The first-order chi connectivity index (χ1) is 7.36. The summed E-state index contributed by atoms with van der Waals surface area (Å²) >= 11 is 4.13. The molecule has 0 rings (SSSR count). The molecule has 0 aromatic heterocycles. The van der Waals surface area contributed by atoms with Crippen LogP contribution in [0, 0.1) is 16.4 Å². The molecule has 0 aromatic carbocycles. The molecule has 0 bridgehead atoms. The number of rotatable bonds is 8. The summed E-state index contributed by atoms with van der Waals surface area (Å²) in [5.74, 6) is 1.63. The zero-order valence-electron chi connectivity index (χ0n) is 12.0. The van der Waals surface area contributed by atoms with Gasteiger partial charge in [-0.25, -0.2) is 0 Å². The molecule has 0 aliphatic heterocycles. The summed E-state index contributed by atoms with van der Waals surface area (Å²) in [6.45, 7) is 16.2. The number of hydrogen-bond donors (Lipinski definition) is 0. The highest BCUT2D eigenvalue weighted by atomic mass is 32.2. The van der Waals surface area contributed by atoms with Crippen molar-refractivity contribution in [2.24, 2.45) is 11.8 Å². The lowest BCUT2D eigenvalue weighted by Gasteiger charge is -2.23. The van der Waals surface area contributed by atoms with Gasteiger partial charge in [0.2, 0.25) is 0 Å². The Labute approximate surface area is 112 Å². The van der Waals surface area contributed by atoms with Crippen LogP contribution in [0.25, 0.3) is 0 Å². The van der Waals surface area contributed by atoms with Crippen LogP contribution in [-0.4, -0.2) is 10.5 Å². The second kappa shape index (κ2) is 8.74. The minimum atomic E-state index is 0.753. The van der Waals surface area contributed by atoms with Crippen molar-refractivity contribution in [3.8, 4) is 0 Å². The highest BCUT2D eigenvalue weighted by Gasteiger charge is 2.17. The zero-order chi connectivity index (χ0) is 12.7. The Morgan fingerprint density at radius 3 is 2.00 bits per heavy atom. The first-order valence-corrected chi connectivity index (χ1v) is 8.29. The molecule has 0 saturated heterocycles. The van der Waals surface area contributed by atoms with E-state index in [0.29, 0.717) is 0 Å². The fourth-order valence-electron chi connectivity index (χ4n) is 1.73. The molecule has 0 aliphatic rings. The van der Waals surface area contributed by atoms with Gasteiger partial charge in [0.05, 0.1) is 4.58 Å². The molecule has 0 fully saturated rings.